The molecule has 0 aliphatic carbocycles. The van der Waals surface area contributed by atoms with E-state index in [1.165, 1.54) is 42.1 Å². The van der Waals surface area contributed by atoms with Crippen molar-refractivity contribution in [1.29, 1.82) is 0 Å². The van der Waals surface area contributed by atoms with Crippen LogP contribution in [-0.2, 0) is 9.59 Å². The van der Waals surface area contributed by atoms with Crippen LogP contribution in [0.25, 0.3) is 6.08 Å². The molecule has 0 fully saturated rings. The van der Waals surface area contributed by atoms with E-state index in [9.17, 15) is 18.8 Å². The fourth-order valence-electron chi connectivity index (χ4n) is 4.33. The summed E-state index contributed by atoms with van der Waals surface area (Å²) < 4.78 is 13.5. The van der Waals surface area contributed by atoms with Gasteiger partial charge in [0.1, 0.15) is 11.5 Å². The summed E-state index contributed by atoms with van der Waals surface area (Å²) in [6.45, 7) is 0. The minimum Gasteiger partial charge on any atom is -0.321 e. The normalized spacial score (nSPS) is 11.0. The molecule has 2 N–H and O–H groups in total. The maximum atomic E-state index is 13.5. The van der Waals surface area contributed by atoms with E-state index in [0.717, 1.165) is 16.3 Å². The SMILES string of the molecule is O=C(Nc1cccc(SCC(=O)N(c2ccccc2)c2ccccc2)c1)/C(=C/c1ccc(F)cc1)NC(=O)c1ccccc1. The van der Waals surface area contributed by atoms with Crippen LogP contribution < -0.4 is 15.5 Å². The average molecular weight is 602 g/mol. The van der Waals surface area contributed by atoms with Gasteiger partial charge >= 0.3 is 0 Å². The molecule has 5 aromatic carbocycles. The number of para-hydroxylation sites is 2. The molecule has 44 heavy (non-hydrogen) atoms. The van der Waals surface area contributed by atoms with Crippen molar-refractivity contribution in [2.24, 2.45) is 0 Å². The smallest absolute Gasteiger partial charge is 0.272 e. The van der Waals surface area contributed by atoms with Gasteiger partial charge < -0.3 is 10.6 Å². The van der Waals surface area contributed by atoms with Crippen LogP contribution in [0.5, 0.6) is 0 Å². The third-order valence-corrected chi connectivity index (χ3v) is 7.42. The minimum atomic E-state index is -0.559. The Hall–Kier alpha value is -5.47. The Morgan fingerprint density at radius 2 is 1.30 bits per heavy atom. The topological polar surface area (TPSA) is 78.5 Å². The van der Waals surface area contributed by atoms with Crippen LogP contribution in [-0.4, -0.2) is 23.5 Å². The number of nitrogens with zero attached hydrogens (tertiary/aromatic N) is 1. The molecule has 0 aliphatic heterocycles. The van der Waals surface area contributed by atoms with Crippen molar-refractivity contribution in [2.45, 2.75) is 4.90 Å². The summed E-state index contributed by atoms with van der Waals surface area (Å²) in [6.07, 6.45) is 1.48. The van der Waals surface area contributed by atoms with Gasteiger partial charge in [-0.15, -0.1) is 11.8 Å². The van der Waals surface area contributed by atoms with Crippen LogP contribution in [0.3, 0.4) is 0 Å². The van der Waals surface area contributed by atoms with Gasteiger partial charge in [0.15, 0.2) is 0 Å². The highest BCUT2D eigenvalue weighted by atomic mass is 32.2. The Balaban J connectivity index is 1.31. The number of amides is 3. The number of carbonyl (C=O) groups is 3. The molecule has 3 amide bonds. The van der Waals surface area contributed by atoms with Gasteiger partial charge in [-0.2, -0.15) is 0 Å². The molecule has 8 heteroatoms. The number of hydrogen-bond donors (Lipinski definition) is 2. The molecule has 0 atom stereocenters. The fraction of sp³-hybridized carbons (Fsp3) is 0.0278. The van der Waals surface area contributed by atoms with E-state index in [4.69, 9.17) is 0 Å². The molecule has 0 saturated carbocycles. The zero-order chi connectivity index (χ0) is 30.7. The van der Waals surface area contributed by atoms with Crippen molar-refractivity contribution >= 4 is 52.6 Å². The van der Waals surface area contributed by atoms with E-state index >= 15 is 0 Å². The third kappa shape index (κ3) is 8.08. The van der Waals surface area contributed by atoms with Crippen LogP contribution in [0.15, 0.2) is 150 Å². The van der Waals surface area contributed by atoms with Crippen molar-refractivity contribution in [3.8, 4) is 0 Å². The summed E-state index contributed by atoms with van der Waals surface area (Å²) in [5, 5.41) is 5.50. The van der Waals surface area contributed by atoms with Crippen LogP contribution in [0, 0.1) is 5.82 Å². The Labute approximate surface area is 259 Å². The Kier molecular flexibility index (Phi) is 9.97. The first kappa shape index (κ1) is 30.0. The van der Waals surface area contributed by atoms with E-state index in [2.05, 4.69) is 10.6 Å². The monoisotopic (exact) mass is 601 g/mol. The van der Waals surface area contributed by atoms with Gasteiger partial charge in [0.2, 0.25) is 5.91 Å². The van der Waals surface area contributed by atoms with Gasteiger partial charge in [0.25, 0.3) is 11.8 Å². The first-order valence-electron chi connectivity index (χ1n) is 13.8. The molecule has 0 saturated heterocycles. The Morgan fingerprint density at radius 1 is 0.705 bits per heavy atom. The zero-order valence-electron chi connectivity index (χ0n) is 23.5. The van der Waals surface area contributed by atoms with E-state index in [1.807, 2.05) is 66.7 Å². The van der Waals surface area contributed by atoms with Gasteiger partial charge in [-0.1, -0.05) is 72.8 Å². The van der Waals surface area contributed by atoms with Gasteiger partial charge in [-0.3, -0.25) is 19.3 Å². The molecule has 0 unspecified atom stereocenters. The molecular formula is C36H28FN3O3S. The number of halogens is 1. The minimum absolute atomic E-state index is 0.0138. The van der Waals surface area contributed by atoms with E-state index in [-0.39, 0.29) is 17.4 Å². The van der Waals surface area contributed by atoms with Crippen LogP contribution in [0.4, 0.5) is 21.5 Å². The van der Waals surface area contributed by atoms with E-state index in [0.29, 0.717) is 16.8 Å². The summed E-state index contributed by atoms with van der Waals surface area (Å²) >= 11 is 1.35. The molecule has 6 nitrogen and oxygen atoms in total. The molecule has 218 valence electrons. The molecule has 0 radical (unpaired) electrons. The number of anilines is 3. The van der Waals surface area contributed by atoms with Gasteiger partial charge in [-0.05, 0) is 78.4 Å². The molecule has 5 rings (SSSR count). The van der Waals surface area contributed by atoms with Crippen LogP contribution in [0.2, 0.25) is 0 Å². The molecule has 0 aromatic heterocycles. The number of carbonyl (C=O) groups excluding carboxylic acids is 3. The maximum absolute atomic E-state index is 13.5. The molecule has 0 heterocycles. The largest absolute Gasteiger partial charge is 0.321 e. The lowest BCUT2D eigenvalue weighted by atomic mass is 10.1. The first-order valence-corrected chi connectivity index (χ1v) is 14.8. The van der Waals surface area contributed by atoms with Gasteiger partial charge in [-0.25, -0.2) is 4.39 Å². The Bertz CT molecular complexity index is 1720. The lowest BCUT2D eigenvalue weighted by Crippen LogP contribution is -2.30. The van der Waals surface area contributed by atoms with Gasteiger partial charge in [0.05, 0.1) is 5.75 Å². The second-order valence-corrected chi connectivity index (χ2v) is 10.6. The number of thioether (sulfide) groups is 1. The van der Waals surface area contributed by atoms with Gasteiger partial charge in [0, 0.05) is 27.5 Å². The van der Waals surface area contributed by atoms with Crippen LogP contribution in [0.1, 0.15) is 15.9 Å². The lowest BCUT2D eigenvalue weighted by Gasteiger charge is -2.23. The highest BCUT2D eigenvalue weighted by Crippen LogP contribution is 2.28. The summed E-state index contributed by atoms with van der Waals surface area (Å²) in [5.74, 6) is -1.38. The van der Waals surface area contributed by atoms with Crippen molar-refractivity contribution in [2.75, 3.05) is 16.0 Å². The van der Waals surface area contributed by atoms with Crippen molar-refractivity contribution in [3.05, 3.63) is 162 Å². The summed E-state index contributed by atoms with van der Waals surface area (Å²) in [6, 6.07) is 40.1. The van der Waals surface area contributed by atoms with E-state index < -0.39 is 17.6 Å². The molecule has 0 spiro atoms. The molecule has 0 bridgehead atoms. The Morgan fingerprint density at radius 3 is 1.91 bits per heavy atom. The number of nitrogens with one attached hydrogen (secondary N) is 2. The molecule has 5 aromatic rings. The quantitative estimate of drug-likeness (QED) is 0.127. The second-order valence-electron chi connectivity index (χ2n) is 9.60. The van der Waals surface area contributed by atoms with Crippen LogP contribution >= 0.6 is 11.8 Å². The maximum Gasteiger partial charge on any atom is 0.272 e. The second kappa shape index (κ2) is 14.6. The third-order valence-electron chi connectivity index (χ3n) is 6.44. The predicted octanol–water partition coefficient (Wildman–Crippen LogP) is 7.69. The van der Waals surface area contributed by atoms with E-state index in [1.54, 1.807) is 53.4 Å². The van der Waals surface area contributed by atoms with Crippen molar-refractivity contribution in [3.63, 3.8) is 0 Å². The standard InChI is InChI=1S/C36H28FN3O3S/c37-28-21-19-26(20-22-28)23-33(39-35(42)27-11-4-1-5-12-27)36(43)38-29-13-10-18-32(24-29)44-25-34(41)40(30-14-6-2-7-15-30)31-16-8-3-9-17-31/h1-24H,25H2,(H,38,43)(H,39,42)/b33-23-. The fourth-order valence-corrected chi connectivity index (χ4v) is 5.14. The number of hydrogen-bond acceptors (Lipinski definition) is 4. The number of rotatable bonds is 10. The summed E-state index contributed by atoms with van der Waals surface area (Å²) in [5.41, 5.74) is 2.92. The molecule has 0 aliphatic rings. The number of benzene rings is 5. The molecular weight excluding hydrogens is 573 g/mol. The predicted molar refractivity (Wildman–Crippen MR) is 174 cm³/mol. The highest BCUT2D eigenvalue weighted by molar-refractivity contribution is 8.00. The lowest BCUT2D eigenvalue weighted by molar-refractivity contribution is -0.115. The summed E-state index contributed by atoms with van der Waals surface area (Å²) in [7, 11) is 0. The first-order chi connectivity index (χ1) is 21.5. The summed E-state index contributed by atoms with van der Waals surface area (Å²) in [4.78, 5) is 42.2. The van der Waals surface area contributed by atoms with Crippen molar-refractivity contribution < 1.29 is 18.8 Å². The average Bonchev–Trinajstić information content (AvgIpc) is 3.06. The van der Waals surface area contributed by atoms with Crippen molar-refractivity contribution in [1.82, 2.24) is 5.32 Å². The zero-order valence-corrected chi connectivity index (χ0v) is 24.3. The highest BCUT2D eigenvalue weighted by Gasteiger charge is 2.19.